The minimum atomic E-state index is -1.04. The zero-order valence-electron chi connectivity index (χ0n) is 8.38. The number of carboxylic acids is 1. The molecule has 1 aromatic heterocycles. The standard InChI is InChI=1S/C10H13NO4/c1-7(5-12)6-15-9-2-8(10(13)14)3-11-4-9/h2-4,7,12H,5-6H2,1H3,(H,13,14). The highest BCUT2D eigenvalue weighted by Crippen LogP contribution is 2.12. The van der Waals surface area contributed by atoms with Gasteiger partial charge in [-0.05, 0) is 6.07 Å². The summed E-state index contributed by atoms with van der Waals surface area (Å²) in [7, 11) is 0. The van der Waals surface area contributed by atoms with E-state index in [1.807, 2.05) is 6.92 Å². The van der Waals surface area contributed by atoms with Gasteiger partial charge in [0.2, 0.25) is 0 Å². The van der Waals surface area contributed by atoms with E-state index in [4.69, 9.17) is 14.9 Å². The summed E-state index contributed by atoms with van der Waals surface area (Å²) < 4.78 is 5.26. The zero-order chi connectivity index (χ0) is 11.3. The third kappa shape index (κ3) is 3.55. The van der Waals surface area contributed by atoms with Gasteiger partial charge in [-0.1, -0.05) is 6.92 Å². The van der Waals surface area contributed by atoms with E-state index in [0.29, 0.717) is 12.4 Å². The molecule has 5 nitrogen and oxygen atoms in total. The monoisotopic (exact) mass is 211 g/mol. The average Bonchev–Trinajstić information content (AvgIpc) is 2.26. The van der Waals surface area contributed by atoms with Crippen LogP contribution < -0.4 is 4.74 Å². The van der Waals surface area contributed by atoms with Crippen molar-refractivity contribution in [2.24, 2.45) is 5.92 Å². The summed E-state index contributed by atoms with van der Waals surface area (Å²) in [6, 6.07) is 1.40. The van der Waals surface area contributed by atoms with Crippen molar-refractivity contribution < 1.29 is 19.7 Å². The highest BCUT2D eigenvalue weighted by Gasteiger charge is 2.06. The molecule has 5 heteroatoms. The van der Waals surface area contributed by atoms with Gasteiger partial charge in [-0.2, -0.15) is 0 Å². The lowest BCUT2D eigenvalue weighted by Gasteiger charge is -2.10. The zero-order valence-corrected chi connectivity index (χ0v) is 8.38. The van der Waals surface area contributed by atoms with Crippen LogP contribution in [0.25, 0.3) is 0 Å². The van der Waals surface area contributed by atoms with Crippen LogP contribution in [0.2, 0.25) is 0 Å². The summed E-state index contributed by atoms with van der Waals surface area (Å²) in [5, 5.41) is 17.5. The van der Waals surface area contributed by atoms with Crippen molar-refractivity contribution in [3.8, 4) is 5.75 Å². The molecule has 1 aromatic rings. The highest BCUT2D eigenvalue weighted by atomic mass is 16.5. The van der Waals surface area contributed by atoms with Crippen molar-refractivity contribution in [3.05, 3.63) is 24.0 Å². The van der Waals surface area contributed by atoms with Crippen LogP contribution in [-0.4, -0.2) is 34.4 Å². The van der Waals surface area contributed by atoms with Gasteiger partial charge in [-0.25, -0.2) is 4.79 Å². The Kier molecular flexibility index (Phi) is 4.05. The molecule has 82 valence electrons. The normalized spacial score (nSPS) is 12.1. The van der Waals surface area contributed by atoms with Crippen molar-refractivity contribution in [3.63, 3.8) is 0 Å². The first-order valence-electron chi connectivity index (χ1n) is 4.55. The number of aliphatic hydroxyl groups excluding tert-OH is 1. The Morgan fingerprint density at radius 2 is 2.33 bits per heavy atom. The van der Waals surface area contributed by atoms with Crippen LogP contribution in [0.15, 0.2) is 18.5 Å². The second-order valence-corrected chi connectivity index (χ2v) is 3.31. The molecule has 0 saturated heterocycles. The van der Waals surface area contributed by atoms with Crippen LogP contribution in [0.3, 0.4) is 0 Å². The van der Waals surface area contributed by atoms with E-state index >= 15 is 0 Å². The second-order valence-electron chi connectivity index (χ2n) is 3.31. The number of nitrogens with zero attached hydrogens (tertiary/aromatic N) is 1. The van der Waals surface area contributed by atoms with E-state index in [1.165, 1.54) is 18.5 Å². The maximum absolute atomic E-state index is 10.6. The first-order chi connectivity index (χ1) is 7.13. The Balaban J connectivity index is 2.62. The molecule has 1 rings (SSSR count). The number of aromatic nitrogens is 1. The molecular formula is C10H13NO4. The summed E-state index contributed by atoms with van der Waals surface area (Å²) in [5.41, 5.74) is 0.0872. The van der Waals surface area contributed by atoms with Crippen LogP contribution in [0, 0.1) is 5.92 Å². The van der Waals surface area contributed by atoms with Gasteiger partial charge in [0.15, 0.2) is 0 Å². The van der Waals surface area contributed by atoms with Gasteiger partial charge >= 0.3 is 5.97 Å². The quantitative estimate of drug-likeness (QED) is 0.752. The van der Waals surface area contributed by atoms with Gasteiger partial charge in [0, 0.05) is 18.7 Å². The molecule has 0 bridgehead atoms. The third-order valence-electron chi connectivity index (χ3n) is 1.81. The number of ether oxygens (including phenoxy) is 1. The number of hydrogen-bond donors (Lipinski definition) is 2. The second kappa shape index (κ2) is 5.31. The maximum Gasteiger partial charge on any atom is 0.337 e. The molecular weight excluding hydrogens is 198 g/mol. The molecule has 0 saturated carbocycles. The number of carbonyl (C=O) groups is 1. The number of hydrogen-bond acceptors (Lipinski definition) is 4. The number of pyridine rings is 1. The van der Waals surface area contributed by atoms with E-state index in [-0.39, 0.29) is 18.1 Å². The number of aliphatic hydroxyl groups is 1. The van der Waals surface area contributed by atoms with Gasteiger partial charge in [-0.3, -0.25) is 4.98 Å². The minimum absolute atomic E-state index is 0.0125. The predicted molar refractivity (Wildman–Crippen MR) is 52.9 cm³/mol. The maximum atomic E-state index is 10.6. The van der Waals surface area contributed by atoms with E-state index < -0.39 is 5.97 Å². The Morgan fingerprint density at radius 3 is 2.93 bits per heavy atom. The largest absolute Gasteiger partial charge is 0.492 e. The van der Waals surface area contributed by atoms with Crippen LogP contribution in [0.5, 0.6) is 5.75 Å². The Bertz CT molecular complexity index is 340. The lowest BCUT2D eigenvalue weighted by molar-refractivity contribution is 0.0695. The minimum Gasteiger partial charge on any atom is -0.492 e. The third-order valence-corrected chi connectivity index (χ3v) is 1.81. The fraction of sp³-hybridized carbons (Fsp3) is 0.400. The first-order valence-corrected chi connectivity index (χ1v) is 4.55. The predicted octanol–water partition coefficient (Wildman–Crippen LogP) is 0.787. The van der Waals surface area contributed by atoms with Gasteiger partial charge in [-0.15, -0.1) is 0 Å². The molecule has 1 atom stereocenters. The lowest BCUT2D eigenvalue weighted by atomic mass is 10.2. The van der Waals surface area contributed by atoms with Crippen molar-refractivity contribution in [1.29, 1.82) is 0 Å². The van der Waals surface area contributed by atoms with E-state index in [0.717, 1.165) is 0 Å². The fourth-order valence-corrected chi connectivity index (χ4v) is 0.906. The molecule has 0 fully saturated rings. The number of carboxylic acid groups (broad SMARTS) is 1. The van der Waals surface area contributed by atoms with Gasteiger partial charge in [0.25, 0.3) is 0 Å². The average molecular weight is 211 g/mol. The Morgan fingerprint density at radius 1 is 1.60 bits per heavy atom. The van der Waals surface area contributed by atoms with Crippen LogP contribution in [-0.2, 0) is 0 Å². The fourth-order valence-electron chi connectivity index (χ4n) is 0.906. The van der Waals surface area contributed by atoms with Crippen LogP contribution in [0.1, 0.15) is 17.3 Å². The molecule has 0 spiro atoms. The van der Waals surface area contributed by atoms with Crippen molar-refractivity contribution in [1.82, 2.24) is 4.98 Å². The molecule has 0 aromatic carbocycles. The van der Waals surface area contributed by atoms with E-state index in [9.17, 15) is 4.79 Å². The Hall–Kier alpha value is -1.62. The molecule has 2 N–H and O–H groups in total. The summed E-state index contributed by atoms with van der Waals surface area (Å²) in [6.07, 6.45) is 2.70. The van der Waals surface area contributed by atoms with Crippen molar-refractivity contribution in [2.75, 3.05) is 13.2 Å². The highest BCUT2D eigenvalue weighted by molar-refractivity contribution is 5.87. The molecule has 15 heavy (non-hydrogen) atoms. The first kappa shape index (κ1) is 11.5. The SMILES string of the molecule is CC(CO)COc1cncc(C(=O)O)c1. The topological polar surface area (TPSA) is 79.7 Å². The van der Waals surface area contributed by atoms with E-state index in [2.05, 4.69) is 4.98 Å². The smallest absolute Gasteiger partial charge is 0.337 e. The van der Waals surface area contributed by atoms with Crippen molar-refractivity contribution >= 4 is 5.97 Å². The molecule has 0 aliphatic rings. The molecule has 0 aliphatic heterocycles. The van der Waals surface area contributed by atoms with Gasteiger partial charge < -0.3 is 14.9 Å². The lowest BCUT2D eigenvalue weighted by Crippen LogP contribution is -2.12. The summed E-state index contributed by atoms with van der Waals surface area (Å²) in [6.45, 7) is 2.20. The van der Waals surface area contributed by atoms with Gasteiger partial charge in [0.1, 0.15) is 5.75 Å². The van der Waals surface area contributed by atoms with Gasteiger partial charge in [0.05, 0.1) is 18.4 Å². The molecule has 0 amide bonds. The molecule has 0 radical (unpaired) electrons. The molecule has 0 aliphatic carbocycles. The summed E-state index contributed by atoms with van der Waals surface area (Å²) >= 11 is 0. The Labute approximate surface area is 87.3 Å². The summed E-state index contributed by atoms with van der Waals surface area (Å²) in [5.74, 6) is -0.628. The molecule has 1 heterocycles. The van der Waals surface area contributed by atoms with E-state index in [1.54, 1.807) is 0 Å². The number of rotatable bonds is 5. The van der Waals surface area contributed by atoms with Crippen molar-refractivity contribution in [2.45, 2.75) is 6.92 Å². The molecule has 1 unspecified atom stereocenters. The summed E-state index contributed by atoms with van der Waals surface area (Å²) in [4.78, 5) is 14.4. The number of aromatic carboxylic acids is 1. The van der Waals surface area contributed by atoms with Crippen LogP contribution in [0.4, 0.5) is 0 Å². The van der Waals surface area contributed by atoms with Crippen LogP contribution >= 0.6 is 0 Å².